The van der Waals surface area contributed by atoms with Crippen molar-refractivity contribution < 1.29 is 0 Å². The maximum atomic E-state index is 5.89. The van der Waals surface area contributed by atoms with Crippen molar-refractivity contribution in [2.75, 3.05) is 0 Å². The highest BCUT2D eigenvalue weighted by atomic mass is 35.5. The minimum Gasteiger partial charge on any atom is -0.324 e. The van der Waals surface area contributed by atoms with Crippen LogP contribution in [-0.4, -0.2) is 9.97 Å². The van der Waals surface area contributed by atoms with E-state index in [4.69, 9.17) is 28.9 Å². The lowest BCUT2D eigenvalue weighted by atomic mass is 10.1. The molecule has 1 atom stereocenters. The van der Waals surface area contributed by atoms with Crippen LogP contribution in [0.2, 0.25) is 10.3 Å². The van der Waals surface area contributed by atoms with Gasteiger partial charge in [-0.05, 0) is 13.3 Å². The molecule has 1 aromatic heterocycles. The summed E-state index contributed by atoms with van der Waals surface area (Å²) in [5.41, 5.74) is 6.43. The first-order valence-electron chi connectivity index (χ1n) is 4.01. The predicted molar refractivity (Wildman–Crippen MR) is 54.0 cm³/mol. The normalized spacial score (nSPS) is 13.0. The predicted octanol–water partition coefficient (Wildman–Crippen LogP) is 2.50. The van der Waals surface area contributed by atoms with Crippen molar-refractivity contribution in [3.63, 3.8) is 0 Å². The van der Waals surface area contributed by atoms with Crippen LogP contribution in [0.1, 0.15) is 30.8 Å². The van der Waals surface area contributed by atoms with Gasteiger partial charge in [0, 0.05) is 11.6 Å². The van der Waals surface area contributed by atoms with E-state index >= 15 is 0 Å². The first-order valence-corrected chi connectivity index (χ1v) is 4.77. The first kappa shape index (κ1) is 10.7. The van der Waals surface area contributed by atoms with Gasteiger partial charge in [-0.2, -0.15) is 0 Å². The molecule has 0 aliphatic carbocycles. The van der Waals surface area contributed by atoms with E-state index in [1.807, 2.05) is 6.92 Å². The van der Waals surface area contributed by atoms with Gasteiger partial charge < -0.3 is 5.73 Å². The van der Waals surface area contributed by atoms with Crippen molar-refractivity contribution in [2.45, 2.75) is 26.3 Å². The molecule has 0 saturated carbocycles. The fraction of sp³-hybridized carbons (Fsp3) is 0.500. The smallest absolute Gasteiger partial charge is 0.139 e. The molecule has 0 aliphatic rings. The summed E-state index contributed by atoms with van der Waals surface area (Å²) >= 11 is 11.8. The van der Waals surface area contributed by atoms with Crippen molar-refractivity contribution in [1.82, 2.24) is 9.97 Å². The van der Waals surface area contributed by atoms with Crippen molar-refractivity contribution in [3.8, 4) is 0 Å². The van der Waals surface area contributed by atoms with Crippen LogP contribution in [0.4, 0.5) is 0 Å². The van der Waals surface area contributed by atoms with Crippen LogP contribution in [0.5, 0.6) is 0 Å². The Kier molecular flexibility index (Phi) is 3.47. The number of nitrogens with zero attached hydrogens (tertiary/aromatic N) is 2. The van der Waals surface area contributed by atoms with Crippen LogP contribution < -0.4 is 5.73 Å². The lowest BCUT2D eigenvalue weighted by Gasteiger charge is -2.12. The van der Waals surface area contributed by atoms with Crippen molar-refractivity contribution in [3.05, 3.63) is 21.7 Å². The zero-order chi connectivity index (χ0) is 10.0. The molecule has 1 rings (SSSR count). The summed E-state index contributed by atoms with van der Waals surface area (Å²) in [6.07, 6.45) is 0.756. The Balaban J connectivity index is 3.20. The molecule has 1 aromatic rings. The molecule has 0 saturated heterocycles. The lowest BCUT2D eigenvalue weighted by molar-refractivity contribution is 0.689. The number of hydrogen-bond acceptors (Lipinski definition) is 3. The fourth-order valence-corrected chi connectivity index (χ4v) is 1.78. The molecular weight excluding hydrogens is 209 g/mol. The van der Waals surface area contributed by atoms with Crippen molar-refractivity contribution >= 4 is 23.2 Å². The highest BCUT2D eigenvalue weighted by molar-refractivity contribution is 6.34. The fourth-order valence-electron chi connectivity index (χ4n) is 1.02. The van der Waals surface area contributed by atoms with Crippen molar-refractivity contribution in [1.29, 1.82) is 0 Å². The van der Waals surface area contributed by atoms with Gasteiger partial charge in [-0.1, -0.05) is 30.1 Å². The number of hydrogen-bond donors (Lipinski definition) is 1. The molecule has 0 amide bonds. The highest BCUT2D eigenvalue weighted by Crippen LogP contribution is 2.27. The molecule has 1 unspecified atom stereocenters. The third-order valence-corrected chi connectivity index (χ3v) is 2.35. The van der Waals surface area contributed by atoms with E-state index in [9.17, 15) is 0 Å². The Morgan fingerprint density at radius 3 is 2.15 bits per heavy atom. The van der Waals surface area contributed by atoms with Crippen LogP contribution in [0, 0.1) is 6.92 Å². The number of aromatic nitrogens is 2. The summed E-state index contributed by atoms with van der Waals surface area (Å²) in [5.74, 6) is 0.557. The van der Waals surface area contributed by atoms with Gasteiger partial charge in [-0.3, -0.25) is 0 Å². The standard InChI is InChI=1S/C8H11Cl2N3/c1-3-5(11)6-7(9)12-4(2)13-8(6)10/h5H,3,11H2,1-2H3. The van der Waals surface area contributed by atoms with E-state index < -0.39 is 0 Å². The maximum Gasteiger partial charge on any atom is 0.139 e. The van der Waals surface area contributed by atoms with Crippen LogP contribution in [-0.2, 0) is 0 Å². The number of halogens is 2. The average molecular weight is 220 g/mol. The number of aryl methyl sites for hydroxylation is 1. The molecule has 13 heavy (non-hydrogen) atoms. The monoisotopic (exact) mass is 219 g/mol. The molecule has 3 nitrogen and oxygen atoms in total. The molecule has 5 heteroatoms. The average Bonchev–Trinajstić information content (AvgIpc) is 2.02. The largest absolute Gasteiger partial charge is 0.324 e. The van der Waals surface area contributed by atoms with E-state index in [1.54, 1.807) is 6.92 Å². The van der Waals surface area contributed by atoms with E-state index in [1.165, 1.54) is 0 Å². The topological polar surface area (TPSA) is 51.8 Å². The summed E-state index contributed by atoms with van der Waals surface area (Å²) in [6.45, 7) is 3.69. The van der Waals surface area contributed by atoms with Crippen molar-refractivity contribution in [2.24, 2.45) is 5.73 Å². The molecular formula is C8H11Cl2N3. The quantitative estimate of drug-likeness (QED) is 0.779. The van der Waals surface area contributed by atoms with Gasteiger partial charge >= 0.3 is 0 Å². The Bertz CT molecular complexity index is 291. The summed E-state index contributed by atoms with van der Waals surface area (Å²) in [6, 6.07) is -0.194. The lowest BCUT2D eigenvalue weighted by Crippen LogP contribution is -2.12. The molecule has 0 spiro atoms. The van der Waals surface area contributed by atoms with Crippen LogP contribution in [0.25, 0.3) is 0 Å². The van der Waals surface area contributed by atoms with Gasteiger partial charge in [0.25, 0.3) is 0 Å². The van der Waals surface area contributed by atoms with Gasteiger partial charge in [0.15, 0.2) is 0 Å². The second-order valence-corrected chi connectivity index (χ2v) is 3.50. The molecule has 0 aromatic carbocycles. The molecule has 72 valence electrons. The second-order valence-electron chi connectivity index (χ2n) is 2.78. The van der Waals surface area contributed by atoms with Crippen LogP contribution in [0.3, 0.4) is 0 Å². The van der Waals surface area contributed by atoms with Crippen LogP contribution in [0.15, 0.2) is 0 Å². The minimum atomic E-state index is -0.194. The van der Waals surface area contributed by atoms with E-state index in [0.717, 1.165) is 6.42 Å². The number of rotatable bonds is 2. The van der Waals surface area contributed by atoms with Gasteiger partial charge in [0.1, 0.15) is 16.1 Å². The maximum absolute atomic E-state index is 5.89. The minimum absolute atomic E-state index is 0.194. The molecule has 0 radical (unpaired) electrons. The van der Waals surface area contributed by atoms with Gasteiger partial charge in [0.2, 0.25) is 0 Å². The Hall–Kier alpha value is -0.380. The van der Waals surface area contributed by atoms with Gasteiger partial charge in [-0.25, -0.2) is 9.97 Å². The Morgan fingerprint density at radius 1 is 1.31 bits per heavy atom. The van der Waals surface area contributed by atoms with E-state index in [0.29, 0.717) is 21.7 Å². The van der Waals surface area contributed by atoms with E-state index in [-0.39, 0.29) is 6.04 Å². The first-order chi connectivity index (χ1) is 6.06. The third-order valence-electron chi connectivity index (χ3n) is 1.78. The Labute approximate surface area is 87.3 Å². The molecule has 0 aliphatic heterocycles. The zero-order valence-corrected chi connectivity index (χ0v) is 9.02. The number of nitrogens with two attached hydrogens (primary N) is 1. The SMILES string of the molecule is CCC(N)c1c(Cl)nc(C)nc1Cl. The summed E-state index contributed by atoms with van der Waals surface area (Å²) in [5, 5.41) is 0.707. The van der Waals surface area contributed by atoms with Gasteiger partial charge in [-0.15, -0.1) is 0 Å². The van der Waals surface area contributed by atoms with Crippen LogP contribution >= 0.6 is 23.2 Å². The summed E-state index contributed by atoms with van der Waals surface area (Å²) in [7, 11) is 0. The zero-order valence-electron chi connectivity index (χ0n) is 7.51. The summed E-state index contributed by atoms with van der Waals surface area (Å²) < 4.78 is 0. The highest BCUT2D eigenvalue weighted by Gasteiger charge is 2.15. The van der Waals surface area contributed by atoms with E-state index in [2.05, 4.69) is 9.97 Å². The van der Waals surface area contributed by atoms with Gasteiger partial charge in [0.05, 0.1) is 0 Å². The summed E-state index contributed by atoms with van der Waals surface area (Å²) in [4.78, 5) is 7.99. The molecule has 0 fully saturated rings. The Morgan fingerprint density at radius 2 is 1.77 bits per heavy atom. The molecule has 1 heterocycles. The third kappa shape index (κ3) is 2.30. The second kappa shape index (κ2) is 4.22. The molecule has 2 N–H and O–H groups in total. The molecule has 0 bridgehead atoms.